The summed E-state index contributed by atoms with van der Waals surface area (Å²) in [5, 5.41) is 13.2. The van der Waals surface area contributed by atoms with Crippen molar-refractivity contribution in [2.45, 2.75) is 39.3 Å². The Morgan fingerprint density at radius 1 is 1.35 bits per heavy atom. The van der Waals surface area contributed by atoms with E-state index < -0.39 is 5.97 Å². The highest BCUT2D eigenvalue weighted by Gasteiger charge is 2.20. The standard InChI is InChI=1S/C18H23N3O2/c1-13(20-8-3-4-9-20)15-6-5-7-16(10-15)17-11-19-21(14(17)2)12-18(22)23/h5-7,10-11,13H,3-4,8-9,12H2,1-2H3,(H,22,23)/t13-/m0/s1. The maximum atomic E-state index is 10.9. The van der Waals surface area contributed by atoms with Crippen LogP contribution in [-0.4, -0.2) is 38.8 Å². The summed E-state index contributed by atoms with van der Waals surface area (Å²) in [6.07, 6.45) is 4.33. The van der Waals surface area contributed by atoms with Gasteiger partial charge in [-0.15, -0.1) is 0 Å². The Kier molecular flexibility index (Phi) is 4.48. The second kappa shape index (κ2) is 6.54. The maximum absolute atomic E-state index is 10.9. The molecule has 0 saturated carbocycles. The van der Waals surface area contributed by atoms with Gasteiger partial charge in [-0.1, -0.05) is 18.2 Å². The van der Waals surface area contributed by atoms with Crippen LogP contribution in [0.2, 0.25) is 0 Å². The monoisotopic (exact) mass is 313 g/mol. The van der Waals surface area contributed by atoms with Gasteiger partial charge in [0.15, 0.2) is 0 Å². The third kappa shape index (κ3) is 3.29. The summed E-state index contributed by atoms with van der Waals surface area (Å²) in [6, 6.07) is 8.93. The molecule has 1 atom stereocenters. The first-order valence-corrected chi connectivity index (χ1v) is 8.15. The predicted octanol–water partition coefficient (Wildman–Crippen LogP) is 3.10. The van der Waals surface area contributed by atoms with Crippen molar-refractivity contribution in [1.82, 2.24) is 14.7 Å². The number of likely N-dealkylation sites (tertiary alicyclic amines) is 1. The number of carboxylic acids is 1. The summed E-state index contributed by atoms with van der Waals surface area (Å²) in [5.74, 6) is -0.876. The molecular formula is C18H23N3O2. The van der Waals surface area contributed by atoms with E-state index in [1.54, 1.807) is 6.20 Å². The van der Waals surface area contributed by atoms with Gasteiger partial charge in [0, 0.05) is 17.3 Å². The van der Waals surface area contributed by atoms with Crippen LogP contribution in [0.1, 0.15) is 37.1 Å². The number of nitrogens with zero attached hydrogens (tertiary/aromatic N) is 3. The highest BCUT2D eigenvalue weighted by molar-refractivity contribution is 5.69. The summed E-state index contributed by atoms with van der Waals surface area (Å²) in [6.45, 7) is 6.41. The fourth-order valence-electron chi connectivity index (χ4n) is 3.32. The van der Waals surface area contributed by atoms with E-state index in [0.717, 1.165) is 16.8 Å². The van der Waals surface area contributed by atoms with Gasteiger partial charge in [-0.25, -0.2) is 0 Å². The third-order valence-electron chi connectivity index (χ3n) is 4.76. The fourth-order valence-corrected chi connectivity index (χ4v) is 3.32. The molecule has 5 heteroatoms. The van der Waals surface area contributed by atoms with Crippen molar-refractivity contribution in [3.63, 3.8) is 0 Å². The highest BCUT2D eigenvalue weighted by Crippen LogP contribution is 2.29. The molecule has 1 aromatic carbocycles. The van der Waals surface area contributed by atoms with E-state index >= 15 is 0 Å². The number of hydrogen-bond donors (Lipinski definition) is 1. The summed E-state index contributed by atoms with van der Waals surface area (Å²) in [4.78, 5) is 13.4. The molecule has 1 aliphatic rings. The lowest BCUT2D eigenvalue weighted by molar-refractivity contribution is -0.137. The minimum atomic E-state index is -0.876. The zero-order valence-electron chi connectivity index (χ0n) is 13.7. The largest absolute Gasteiger partial charge is 0.480 e. The minimum absolute atomic E-state index is 0.101. The number of benzene rings is 1. The molecule has 1 aromatic heterocycles. The van der Waals surface area contributed by atoms with Crippen LogP contribution in [0.5, 0.6) is 0 Å². The summed E-state index contributed by atoms with van der Waals surface area (Å²) < 4.78 is 1.54. The van der Waals surface area contributed by atoms with Gasteiger partial charge < -0.3 is 5.11 Å². The zero-order chi connectivity index (χ0) is 16.4. The van der Waals surface area contributed by atoms with Crippen LogP contribution in [-0.2, 0) is 11.3 Å². The topological polar surface area (TPSA) is 58.4 Å². The lowest BCUT2D eigenvalue weighted by atomic mass is 10.00. The first-order chi connectivity index (χ1) is 11.1. The Balaban J connectivity index is 1.87. The molecule has 1 saturated heterocycles. The molecular weight excluding hydrogens is 290 g/mol. The lowest BCUT2D eigenvalue weighted by Gasteiger charge is -2.24. The van der Waals surface area contributed by atoms with Crippen molar-refractivity contribution in [3.05, 3.63) is 41.7 Å². The van der Waals surface area contributed by atoms with Crippen molar-refractivity contribution in [2.75, 3.05) is 13.1 Å². The van der Waals surface area contributed by atoms with E-state index in [2.05, 4.69) is 41.2 Å². The number of hydrogen-bond acceptors (Lipinski definition) is 3. The SMILES string of the molecule is Cc1c(-c2cccc([C@H](C)N3CCCC3)c2)cnn1CC(=O)O. The molecule has 3 rings (SSSR count). The van der Waals surface area contributed by atoms with Crippen LogP contribution >= 0.6 is 0 Å². The molecule has 0 radical (unpaired) electrons. The van der Waals surface area contributed by atoms with E-state index in [-0.39, 0.29) is 6.54 Å². The number of aromatic nitrogens is 2. The Hall–Kier alpha value is -2.14. The molecule has 0 aliphatic carbocycles. The number of carboxylic acid groups (broad SMARTS) is 1. The van der Waals surface area contributed by atoms with Crippen molar-refractivity contribution >= 4 is 5.97 Å². The summed E-state index contributed by atoms with van der Waals surface area (Å²) in [5.41, 5.74) is 4.29. The van der Waals surface area contributed by atoms with Gasteiger partial charge in [-0.3, -0.25) is 14.4 Å². The average molecular weight is 313 g/mol. The van der Waals surface area contributed by atoms with Crippen molar-refractivity contribution in [3.8, 4) is 11.1 Å². The molecule has 1 N–H and O–H groups in total. The van der Waals surface area contributed by atoms with Crippen LogP contribution in [0.15, 0.2) is 30.5 Å². The van der Waals surface area contributed by atoms with Gasteiger partial charge in [0.2, 0.25) is 0 Å². The Morgan fingerprint density at radius 2 is 2.09 bits per heavy atom. The number of carbonyl (C=O) groups is 1. The third-order valence-corrected chi connectivity index (χ3v) is 4.76. The van der Waals surface area contributed by atoms with Crippen LogP contribution in [0.25, 0.3) is 11.1 Å². The summed E-state index contributed by atoms with van der Waals surface area (Å²) in [7, 11) is 0. The van der Waals surface area contributed by atoms with Crippen molar-refractivity contribution in [1.29, 1.82) is 0 Å². The molecule has 0 spiro atoms. The van der Waals surface area contributed by atoms with Gasteiger partial charge in [0.25, 0.3) is 0 Å². The first kappa shape index (κ1) is 15.7. The van der Waals surface area contributed by atoms with Crippen LogP contribution in [0.3, 0.4) is 0 Å². The van der Waals surface area contributed by atoms with E-state index in [4.69, 9.17) is 5.11 Å². The van der Waals surface area contributed by atoms with E-state index in [0.29, 0.717) is 6.04 Å². The molecule has 0 amide bonds. The predicted molar refractivity (Wildman–Crippen MR) is 89.3 cm³/mol. The van der Waals surface area contributed by atoms with Crippen LogP contribution in [0.4, 0.5) is 0 Å². The first-order valence-electron chi connectivity index (χ1n) is 8.15. The normalized spacial score (nSPS) is 16.6. The van der Waals surface area contributed by atoms with E-state index in [1.807, 2.05) is 6.92 Å². The Labute approximate surface area is 136 Å². The minimum Gasteiger partial charge on any atom is -0.480 e. The molecule has 2 aromatic rings. The van der Waals surface area contributed by atoms with Gasteiger partial charge in [-0.05, 0) is 57.0 Å². The van der Waals surface area contributed by atoms with Crippen LogP contribution in [0, 0.1) is 6.92 Å². The number of rotatable bonds is 5. The molecule has 1 aliphatic heterocycles. The fraction of sp³-hybridized carbons (Fsp3) is 0.444. The Bertz CT molecular complexity index is 702. The highest BCUT2D eigenvalue weighted by atomic mass is 16.4. The lowest BCUT2D eigenvalue weighted by Crippen LogP contribution is -2.23. The Morgan fingerprint density at radius 3 is 2.78 bits per heavy atom. The van der Waals surface area contributed by atoms with Crippen molar-refractivity contribution in [2.24, 2.45) is 0 Å². The second-order valence-electron chi connectivity index (χ2n) is 6.24. The molecule has 0 unspecified atom stereocenters. The average Bonchev–Trinajstić information content (AvgIpc) is 3.17. The smallest absolute Gasteiger partial charge is 0.325 e. The van der Waals surface area contributed by atoms with Crippen LogP contribution < -0.4 is 0 Å². The second-order valence-corrected chi connectivity index (χ2v) is 6.24. The molecule has 2 heterocycles. The van der Waals surface area contributed by atoms with Gasteiger partial charge in [0.1, 0.15) is 6.54 Å². The van der Waals surface area contributed by atoms with Crippen molar-refractivity contribution < 1.29 is 9.90 Å². The summed E-state index contributed by atoms with van der Waals surface area (Å²) >= 11 is 0. The molecule has 122 valence electrons. The van der Waals surface area contributed by atoms with E-state index in [1.165, 1.54) is 36.2 Å². The van der Waals surface area contributed by atoms with Gasteiger partial charge >= 0.3 is 5.97 Å². The zero-order valence-corrected chi connectivity index (χ0v) is 13.7. The molecule has 1 fully saturated rings. The van der Waals surface area contributed by atoms with Gasteiger partial charge in [-0.2, -0.15) is 5.10 Å². The molecule has 5 nitrogen and oxygen atoms in total. The molecule has 0 bridgehead atoms. The number of aliphatic carboxylic acids is 1. The quantitative estimate of drug-likeness (QED) is 0.921. The van der Waals surface area contributed by atoms with Gasteiger partial charge in [0.05, 0.1) is 6.20 Å². The molecule has 23 heavy (non-hydrogen) atoms. The van der Waals surface area contributed by atoms with E-state index in [9.17, 15) is 4.79 Å². The maximum Gasteiger partial charge on any atom is 0.325 e.